The summed E-state index contributed by atoms with van der Waals surface area (Å²) in [5.41, 5.74) is 1.62. The van der Waals surface area contributed by atoms with Gasteiger partial charge in [-0.15, -0.1) is 0 Å². The molecule has 43 heavy (non-hydrogen) atoms. The van der Waals surface area contributed by atoms with E-state index in [1.165, 1.54) is 6.07 Å². The summed E-state index contributed by atoms with van der Waals surface area (Å²) in [6.07, 6.45) is 3.62. The van der Waals surface area contributed by atoms with Gasteiger partial charge in [-0.1, -0.05) is 47.0 Å². The predicted molar refractivity (Wildman–Crippen MR) is 163 cm³/mol. The van der Waals surface area contributed by atoms with Crippen molar-refractivity contribution in [1.29, 1.82) is 0 Å². The van der Waals surface area contributed by atoms with Crippen molar-refractivity contribution in [2.45, 2.75) is 109 Å². The second-order valence-electron chi connectivity index (χ2n) is 12.0. The van der Waals surface area contributed by atoms with Crippen molar-refractivity contribution < 1.29 is 33.3 Å². The van der Waals surface area contributed by atoms with Gasteiger partial charge in [0.2, 0.25) is 0 Å². The van der Waals surface area contributed by atoms with Crippen molar-refractivity contribution in [2.24, 2.45) is 0 Å². The number of rotatable bonds is 15. The number of ether oxygens (including phenoxy) is 1. The summed E-state index contributed by atoms with van der Waals surface area (Å²) in [4.78, 5) is 28.9. The molecule has 1 aliphatic rings. The number of aliphatic hydroxyl groups is 2. The molecule has 0 aliphatic heterocycles. The smallest absolute Gasteiger partial charge is 0.253 e. The fraction of sp³-hybridized carbons (Fsp3) is 0.588. The van der Waals surface area contributed by atoms with Gasteiger partial charge in [0.05, 0.1) is 18.8 Å². The minimum atomic E-state index is -1.49. The summed E-state index contributed by atoms with van der Waals surface area (Å²) in [5, 5.41) is 24.8. The van der Waals surface area contributed by atoms with E-state index in [-0.39, 0.29) is 42.1 Å². The van der Waals surface area contributed by atoms with Gasteiger partial charge in [-0.3, -0.25) is 9.59 Å². The number of carbonyl (C=O) groups is 2. The van der Waals surface area contributed by atoms with E-state index in [4.69, 9.17) is 4.74 Å². The van der Waals surface area contributed by atoms with Gasteiger partial charge in [0.1, 0.15) is 23.8 Å². The molecule has 0 radical (unpaired) electrons. The van der Waals surface area contributed by atoms with Crippen LogP contribution in [0.2, 0.25) is 0 Å². The topological polar surface area (TPSA) is 99.1 Å². The van der Waals surface area contributed by atoms with Crippen LogP contribution in [0, 0.1) is 11.6 Å². The standard InChI is InChI=1S/C34H48F2N2O5/c1-5-12-38(13-6-2)34(42)26-18-24(22(3)4)17-25(19-26)33(41)37-30(16-23-14-27(35)20-28(36)15-23)32(40)31(39)21-43-29-10-8-7-9-11-29/h14-15,17-20,22,29-32,39-40H,5-13,16,21H2,1-4H3,(H,37,41)/t30-,31+,32+/m0/s1. The highest BCUT2D eigenvalue weighted by atomic mass is 19.1. The molecule has 1 fully saturated rings. The number of halogens is 2. The first-order valence-electron chi connectivity index (χ1n) is 15.7. The van der Waals surface area contributed by atoms with Crippen molar-refractivity contribution >= 4 is 11.8 Å². The van der Waals surface area contributed by atoms with E-state index in [1.807, 2.05) is 27.7 Å². The van der Waals surface area contributed by atoms with Crippen molar-refractivity contribution in [3.05, 3.63) is 70.3 Å². The summed E-state index contributed by atoms with van der Waals surface area (Å²) in [7, 11) is 0. The molecule has 0 unspecified atom stereocenters. The average Bonchev–Trinajstić information content (AvgIpc) is 2.98. The fourth-order valence-corrected chi connectivity index (χ4v) is 5.60. The molecule has 7 nitrogen and oxygen atoms in total. The number of aliphatic hydroxyl groups excluding tert-OH is 2. The second kappa shape index (κ2) is 16.8. The summed E-state index contributed by atoms with van der Waals surface area (Å²) >= 11 is 0. The van der Waals surface area contributed by atoms with Crippen LogP contribution < -0.4 is 5.32 Å². The Hall–Kier alpha value is -2.88. The summed E-state index contributed by atoms with van der Waals surface area (Å²) in [6, 6.07) is 6.95. The lowest BCUT2D eigenvalue weighted by atomic mass is 9.95. The molecular weight excluding hydrogens is 554 g/mol. The molecule has 0 spiro atoms. The largest absolute Gasteiger partial charge is 0.388 e. The number of nitrogens with one attached hydrogen (secondary N) is 1. The Morgan fingerprint density at radius 3 is 2.12 bits per heavy atom. The lowest BCUT2D eigenvalue weighted by molar-refractivity contribution is -0.0764. The van der Waals surface area contributed by atoms with Crippen LogP contribution in [0.4, 0.5) is 8.78 Å². The Balaban J connectivity index is 1.88. The van der Waals surface area contributed by atoms with Crippen molar-refractivity contribution in [3.8, 4) is 0 Å². The highest BCUT2D eigenvalue weighted by Crippen LogP contribution is 2.23. The molecule has 3 atom stereocenters. The van der Waals surface area contributed by atoms with E-state index in [1.54, 1.807) is 17.0 Å². The van der Waals surface area contributed by atoms with Gasteiger partial charge in [0, 0.05) is 30.3 Å². The van der Waals surface area contributed by atoms with Crippen LogP contribution in [0.1, 0.15) is 110 Å². The molecule has 9 heteroatoms. The maximum atomic E-state index is 14.0. The Kier molecular flexibility index (Phi) is 13.5. The molecule has 0 bridgehead atoms. The average molecular weight is 603 g/mol. The molecule has 2 aromatic rings. The Morgan fingerprint density at radius 2 is 1.53 bits per heavy atom. The van der Waals surface area contributed by atoms with Gasteiger partial charge in [0.15, 0.2) is 0 Å². The molecule has 2 amide bonds. The molecule has 2 aromatic carbocycles. The first-order valence-corrected chi connectivity index (χ1v) is 15.7. The second-order valence-corrected chi connectivity index (χ2v) is 12.0. The summed E-state index contributed by atoms with van der Waals surface area (Å²) in [5.74, 6) is -2.28. The third-order valence-electron chi connectivity index (χ3n) is 7.96. The summed E-state index contributed by atoms with van der Waals surface area (Å²) < 4.78 is 33.9. The third-order valence-corrected chi connectivity index (χ3v) is 7.96. The maximum absolute atomic E-state index is 14.0. The predicted octanol–water partition coefficient (Wildman–Crippen LogP) is 5.76. The van der Waals surface area contributed by atoms with Crippen LogP contribution >= 0.6 is 0 Å². The number of hydrogen-bond donors (Lipinski definition) is 3. The first-order chi connectivity index (χ1) is 20.5. The van der Waals surface area contributed by atoms with E-state index < -0.39 is 35.8 Å². The van der Waals surface area contributed by atoms with Crippen LogP contribution in [-0.4, -0.2) is 71.0 Å². The maximum Gasteiger partial charge on any atom is 0.253 e. The van der Waals surface area contributed by atoms with Crippen molar-refractivity contribution in [3.63, 3.8) is 0 Å². The van der Waals surface area contributed by atoms with Gasteiger partial charge in [-0.2, -0.15) is 0 Å². The van der Waals surface area contributed by atoms with Crippen LogP contribution in [-0.2, 0) is 11.2 Å². The van der Waals surface area contributed by atoms with Gasteiger partial charge < -0.3 is 25.2 Å². The van der Waals surface area contributed by atoms with Crippen molar-refractivity contribution in [1.82, 2.24) is 10.2 Å². The molecule has 1 aliphatic carbocycles. The number of nitrogens with zero attached hydrogens (tertiary/aromatic N) is 1. The van der Waals surface area contributed by atoms with E-state index >= 15 is 0 Å². The van der Waals surface area contributed by atoms with Crippen LogP contribution in [0.15, 0.2) is 36.4 Å². The van der Waals surface area contributed by atoms with Crippen LogP contribution in [0.5, 0.6) is 0 Å². The lowest BCUT2D eigenvalue weighted by Crippen LogP contribution is -2.51. The minimum absolute atomic E-state index is 0.00401. The minimum Gasteiger partial charge on any atom is -0.388 e. The molecule has 238 valence electrons. The molecule has 0 heterocycles. The number of benzene rings is 2. The Labute approximate surface area is 254 Å². The van der Waals surface area contributed by atoms with Gasteiger partial charge in [-0.05, 0) is 79.5 Å². The Bertz CT molecular complexity index is 1180. The van der Waals surface area contributed by atoms with E-state index in [2.05, 4.69) is 5.32 Å². The van der Waals surface area contributed by atoms with Gasteiger partial charge in [0.25, 0.3) is 11.8 Å². The number of carbonyl (C=O) groups excluding carboxylic acids is 2. The molecule has 0 aromatic heterocycles. The monoisotopic (exact) mass is 602 g/mol. The number of hydrogen-bond acceptors (Lipinski definition) is 5. The lowest BCUT2D eigenvalue weighted by Gasteiger charge is -2.30. The summed E-state index contributed by atoms with van der Waals surface area (Å²) in [6.45, 7) is 9.00. The van der Waals surface area contributed by atoms with E-state index in [0.29, 0.717) is 18.7 Å². The fourth-order valence-electron chi connectivity index (χ4n) is 5.60. The van der Waals surface area contributed by atoms with Crippen LogP contribution in [0.25, 0.3) is 0 Å². The van der Waals surface area contributed by atoms with Gasteiger partial charge >= 0.3 is 0 Å². The SMILES string of the molecule is CCCN(CCC)C(=O)c1cc(C(=O)N[C@@H](Cc2cc(F)cc(F)c2)[C@@H](O)[C@H](O)COC2CCCCC2)cc(C(C)C)c1. The first kappa shape index (κ1) is 34.6. The van der Waals surface area contributed by atoms with Crippen LogP contribution in [0.3, 0.4) is 0 Å². The van der Waals surface area contributed by atoms with E-state index in [0.717, 1.165) is 68.7 Å². The normalized spacial score (nSPS) is 16.1. The quantitative estimate of drug-likeness (QED) is 0.241. The van der Waals surface area contributed by atoms with Gasteiger partial charge in [-0.25, -0.2) is 8.78 Å². The van der Waals surface area contributed by atoms with E-state index in [9.17, 15) is 28.6 Å². The van der Waals surface area contributed by atoms with Crippen molar-refractivity contribution in [2.75, 3.05) is 19.7 Å². The highest BCUT2D eigenvalue weighted by molar-refractivity contribution is 6.00. The molecule has 0 saturated heterocycles. The Morgan fingerprint density at radius 1 is 0.930 bits per heavy atom. The molecule has 3 rings (SSSR count). The molecule has 1 saturated carbocycles. The zero-order chi connectivity index (χ0) is 31.5. The zero-order valence-electron chi connectivity index (χ0n) is 26.0. The molecule has 3 N–H and O–H groups in total. The molecular formula is C34H48F2N2O5. The third kappa shape index (κ3) is 10.4. The zero-order valence-corrected chi connectivity index (χ0v) is 26.0. The highest BCUT2D eigenvalue weighted by Gasteiger charge is 2.30. The number of amides is 2.